The number of likely N-dealkylation sites (tertiary alicyclic amines) is 1. The van der Waals surface area contributed by atoms with Gasteiger partial charge < -0.3 is 10.4 Å². The molecular weight excluding hydrogens is 404 g/mol. The third kappa shape index (κ3) is 4.22. The average Bonchev–Trinajstić information content (AvgIpc) is 3.08. The predicted octanol–water partition coefficient (Wildman–Crippen LogP) is 3.51. The van der Waals surface area contributed by atoms with Crippen molar-refractivity contribution in [3.05, 3.63) is 70.9 Å². The molecule has 1 aromatic heterocycles. The molecule has 1 aliphatic heterocycles. The summed E-state index contributed by atoms with van der Waals surface area (Å²) in [5.41, 5.74) is 3.59. The van der Waals surface area contributed by atoms with Crippen molar-refractivity contribution in [3.8, 4) is 11.3 Å². The van der Waals surface area contributed by atoms with E-state index in [1.807, 2.05) is 41.3 Å². The first-order valence-electron chi connectivity index (χ1n) is 9.55. The standard InChI is InChI=1S/C22H21ClN4O3/c1-26-20(15-5-3-2-4-6-15)10-19(25-26)21(28)24-18-8-7-14(9-17(18)23)11-27-12-16(13-27)22(29)30/h2-10,16H,11-13H2,1H3,(H,24,28)(H,29,30). The molecule has 2 aromatic carbocycles. The summed E-state index contributed by atoms with van der Waals surface area (Å²) in [4.78, 5) is 25.6. The minimum atomic E-state index is -0.757. The first kappa shape index (κ1) is 20.1. The van der Waals surface area contributed by atoms with Crippen LogP contribution in [0.25, 0.3) is 11.3 Å². The highest BCUT2D eigenvalue weighted by Gasteiger charge is 2.32. The van der Waals surface area contributed by atoms with E-state index in [4.69, 9.17) is 16.7 Å². The molecule has 3 aromatic rings. The lowest BCUT2D eigenvalue weighted by Gasteiger charge is -2.36. The zero-order chi connectivity index (χ0) is 21.3. The molecule has 0 aliphatic carbocycles. The molecule has 30 heavy (non-hydrogen) atoms. The Morgan fingerprint density at radius 2 is 1.90 bits per heavy atom. The summed E-state index contributed by atoms with van der Waals surface area (Å²) in [6.45, 7) is 1.70. The second-order valence-electron chi connectivity index (χ2n) is 7.40. The van der Waals surface area contributed by atoms with E-state index in [1.165, 1.54) is 0 Å². The van der Waals surface area contributed by atoms with Crippen LogP contribution in [0, 0.1) is 5.92 Å². The molecule has 0 radical (unpaired) electrons. The monoisotopic (exact) mass is 424 g/mol. The van der Waals surface area contributed by atoms with E-state index < -0.39 is 5.97 Å². The molecule has 1 aliphatic rings. The number of carboxylic acids is 1. The number of aromatic nitrogens is 2. The number of carbonyl (C=O) groups is 2. The highest BCUT2D eigenvalue weighted by molar-refractivity contribution is 6.34. The Bertz CT molecular complexity index is 1090. The number of halogens is 1. The van der Waals surface area contributed by atoms with Gasteiger partial charge in [0.05, 0.1) is 22.3 Å². The van der Waals surface area contributed by atoms with E-state index in [0.717, 1.165) is 16.8 Å². The molecule has 4 rings (SSSR count). The number of benzene rings is 2. The van der Waals surface area contributed by atoms with E-state index in [2.05, 4.69) is 10.4 Å². The maximum absolute atomic E-state index is 12.7. The minimum absolute atomic E-state index is 0.293. The molecule has 2 heterocycles. The Morgan fingerprint density at radius 3 is 2.57 bits per heavy atom. The van der Waals surface area contributed by atoms with Crippen LogP contribution in [-0.4, -0.2) is 44.8 Å². The van der Waals surface area contributed by atoms with E-state index in [9.17, 15) is 9.59 Å². The summed E-state index contributed by atoms with van der Waals surface area (Å²) in [5.74, 6) is -1.39. The minimum Gasteiger partial charge on any atom is -0.481 e. The summed E-state index contributed by atoms with van der Waals surface area (Å²) in [5, 5.41) is 16.5. The number of hydrogen-bond donors (Lipinski definition) is 2. The van der Waals surface area contributed by atoms with Crippen molar-refractivity contribution in [2.24, 2.45) is 13.0 Å². The second kappa shape index (κ2) is 8.30. The fraction of sp³-hybridized carbons (Fsp3) is 0.227. The number of aliphatic carboxylic acids is 1. The van der Waals surface area contributed by atoms with Crippen LogP contribution in [0.2, 0.25) is 5.02 Å². The molecule has 1 fully saturated rings. The van der Waals surface area contributed by atoms with Gasteiger partial charge in [0.1, 0.15) is 0 Å². The third-order valence-corrected chi connectivity index (χ3v) is 5.49. The van der Waals surface area contributed by atoms with Gasteiger partial charge in [-0.2, -0.15) is 5.10 Å². The van der Waals surface area contributed by atoms with Gasteiger partial charge >= 0.3 is 5.97 Å². The summed E-state index contributed by atoms with van der Waals surface area (Å²) < 4.78 is 1.67. The molecule has 1 amide bonds. The molecule has 8 heteroatoms. The van der Waals surface area contributed by atoms with Crippen LogP contribution in [-0.2, 0) is 18.4 Å². The number of hydrogen-bond acceptors (Lipinski definition) is 4. The van der Waals surface area contributed by atoms with E-state index in [-0.39, 0.29) is 11.8 Å². The quantitative estimate of drug-likeness (QED) is 0.632. The summed E-state index contributed by atoms with van der Waals surface area (Å²) in [7, 11) is 1.80. The largest absolute Gasteiger partial charge is 0.481 e. The molecule has 0 unspecified atom stereocenters. The molecule has 1 saturated heterocycles. The Morgan fingerprint density at radius 1 is 1.17 bits per heavy atom. The lowest BCUT2D eigenvalue weighted by Crippen LogP contribution is -2.49. The molecule has 0 bridgehead atoms. The SMILES string of the molecule is Cn1nc(C(=O)Nc2ccc(CN3CC(C(=O)O)C3)cc2Cl)cc1-c1ccccc1. The fourth-order valence-corrected chi connectivity index (χ4v) is 3.77. The smallest absolute Gasteiger partial charge is 0.309 e. The van der Waals surface area contributed by atoms with Crippen LogP contribution in [0.5, 0.6) is 0 Å². The third-order valence-electron chi connectivity index (χ3n) is 5.18. The van der Waals surface area contributed by atoms with Crippen molar-refractivity contribution in [1.29, 1.82) is 0 Å². The van der Waals surface area contributed by atoms with E-state index in [0.29, 0.717) is 36.0 Å². The summed E-state index contributed by atoms with van der Waals surface area (Å²) in [6, 6.07) is 16.9. The number of carbonyl (C=O) groups excluding carboxylic acids is 1. The molecule has 154 valence electrons. The van der Waals surface area contributed by atoms with Crippen LogP contribution in [0.4, 0.5) is 5.69 Å². The lowest BCUT2D eigenvalue weighted by atomic mass is 9.99. The van der Waals surface area contributed by atoms with Gasteiger partial charge in [0.2, 0.25) is 0 Å². The zero-order valence-electron chi connectivity index (χ0n) is 16.4. The Balaban J connectivity index is 1.42. The van der Waals surface area contributed by atoms with Crippen LogP contribution >= 0.6 is 11.6 Å². The van der Waals surface area contributed by atoms with Crippen LogP contribution in [0.3, 0.4) is 0 Å². The lowest BCUT2D eigenvalue weighted by molar-refractivity contribution is -0.147. The van der Waals surface area contributed by atoms with Gasteiger partial charge in [0, 0.05) is 26.7 Å². The van der Waals surface area contributed by atoms with E-state index in [1.54, 1.807) is 29.9 Å². The number of anilines is 1. The van der Waals surface area contributed by atoms with Crippen molar-refractivity contribution in [2.45, 2.75) is 6.54 Å². The van der Waals surface area contributed by atoms with Crippen molar-refractivity contribution in [3.63, 3.8) is 0 Å². The maximum atomic E-state index is 12.7. The fourth-order valence-electron chi connectivity index (χ4n) is 3.52. The Labute approximate surface area is 178 Å². The number of aryl methyl sites for hydroxylation is 1. The van der Waals surface area contributed by atoms with Crippen molar-refractivity contribution < 1.29 is 14.7 Å². The van der Waals surface area contributed by atoms with E-state index >= 15 is 0 Å². The second-order valence-corrected chi connectivity index (χ2v) is 7.81. The van der Waals surface area contributed by atoms with Gasteiger partial charge in [-0.3, -0.25) is 19.2 Å². The highest BCUT2D eigenvalue weighted by atomic mass is 35.5. The Hall–Kier alpha value is -3.16. The summed E-state index contributed by atoms with van der Waals surface area (Å²) >= 11 is 6.36. The topological polar surface area (TPSA) is 87.5 Å². The molecule has 0 atom stereocenters. The van der Waals surface area contributed by atoms with Gasteiger partial charge in [0.25, 0.3) is 5.91 Å². The normalized spacial score (nSPS) is 14.3. The number of amides is 1. The molecule has 0 saturated carbocycles. The number of nitrogens with zero attached hydrogens (tertiary/aromatic N) is 3. The highest BCUT2D eigenvalue weighted by Crippen LogP contribution is 2.27. The maximum Gasteiger partial charge on any atom is 0.309 e. The first-order valence-corrected chi connectivity index (χ1v) is 9.93. The van der Waals surface area contributed by atoms with Gasteiger partial charge in [0.15, 0.2) is 5.69 Å². The molecule has 7 nitrogen and oxygen atoms in total. The van der Waals surface area contributed by atoms with Gasteiger partial charge in [-0.15, -0.1) is 0 Å². The molecule has 0 spiro atoms. The zero-order valence-corrected chi connectivity index (χ0v) is 17.1. The predicted molar refractivity (Wildman–Crippen MR) is 114 cm³/mol. The molecular formula is C22H21ClN4O3. The number of nitrogens with one attached hydrogen (secondary N) is 1. The van der Waals surface area contributed by atoms with Crippen molar-refractivity contribution in [2.75, 3.05) is 18.4 Å². The van der Waals surface area contributed by atoms with Gasteiger partial charge in [-0.05, 0) is 29.3 Å². The molecule has 2 N–H and O–H groups in total. The van der Waals surface area contributed by atoms with Crippen LogP contribution in [0.15, 0.2) is 54.6 Å². The van der Waals surface area contributed by atoms with Crippen molar-refractivity contribution in [1.82, 2.24) is 14.7 Å². The summed E-state index contributed by atoms with van der Waals surface area (Å²) in [6.07, 6.45) is 0. The first-order chi connectivity index (χ1) is 14.4. The van der Waals surface area contributed by atoms with Crippen molar-refractivity contribution >= 4 is 29.2 Å². The average molecular weight is 425 g/mol. The van der Waals surface area contributed by atoms with Crippen LogP contribution < -0.4 is 5.32 Å². The van der Waals surface area contributed by atoms with Crippen LogP contribution in [0.1, 0.15) is 16.1 Å². The van der Waals surface area contributed by atoms with Gasteiger partial charge in [-0.25, -0.2) is 0 Å². The number of rotatable bonds is 6. The van der Waals surface area contributed by atoms with Gasteiger partial charge in [-0.1, -0.05) is 48.0 Å². The Kier molecular flexibility index (Phi) is 5.57. The number of carboxylic acid groups (broad SMARTS) is 1.